The van der Waals surface area contributed by atoms with Gasteiger partial charge in [0.25, 0.3) is 0 Å². The molecule has 0 saturated heterocycles. The second kappa shape index (κ2) is 5.61. The smallest absolute Gasteiger partial charge is 0.0645 e. The van der Waals surface area contributed by atoms with E-state index < -0.39 is 0 Å². The maximum absolute atomic E-state index is 9.10. The van der Waals surface area contributed by atoms with Gasteiger partial charge < -0.3 is 10.8 Å². The maximum Gasteiger partial charge on any atom is 0.0645 e. The number of nitrogens with zero attached hydrogens (tertiary/aromatic N) is 2. The van der Waals surface area contributed by atoms with Crippen molar-refractivity contribution in [2.24, 2.45) is 11.7 Å². The van der Waals surface area contributed by atoms with E-state index in [1.165, 1.54) is 0 Å². The summed E-state index contributed by atoms with van der Waals surface area (Å²) in [4.78, 5) is 0. The van der Waals surface area contributed by atoms with Gasteiger partial charge in [-0.25, -0.2) is 4.68 Å². The Labute approximate surface area is 101 Å². The van der Waals surface area contributed by atoms with Crippen molar-refractivity contribution >= 4 is 0 Å². The summed E-state index contributed by atoms with van der Waals surface area (Å²) in [5.74, 6) is 0.114. The molecule has 0 amide bonds. The molecule has 1 unspecified atom stereocenters. The standard InChI is InChI=1S/C13H17N3O/c14-7-11(10-17)6-12-8-15-16(9-12)13-4-2-1-3-5-13/h1-5,8-9,11,17H,6-7,10,14H2. The highest BCUT2D eigenvalue weighted by Crippen LogP contribution is 2.11. The first-order valence-electron chi connectivity index (χ1n) is 5.73. The second-order valence-corrected chi connectivity index (χ2v) is 4.12. The highest BCUT2D eigenvalue weighted by molar-refractivity contribution is 5.30. The van der Waals surface area contributed by atoms with Crippen LogP contribution in [0.4, 0.5) is 0 Å². The molecule has 0 aliphatic heterocycles. The minimum absolute atomic E-state index is 0.114. The summed E-state index contributed by atoms with van der Waals surface area (Å²) >= 11 is 0. The molecule has 2 rings (SSSR count). The molecule has 1 aromatic carbocycles. The van der Waals surface area contributed by atoms with E-state index in [0.717, 1.165) is 17.7 Å². The quantitative estimate of drug-likeness (QED) is 0.806. The molecule has 1 aromatic heterocycles. The number of aliphatic hydroxyl groups is 1. The van der Waals surface area contributed by atoms with Crippen molar-refractivity contribution in [3.63, 3.8) is 0 Å². The molecule has 0 aliphatic carbocycles. The highest BCUT2D eigenvalue weighted by Gasteiger charge is 2.08. The van der Waals surface area contributed by atoms with E-state index in [-0.39, 0.29) is 12.5 Å². The van der Waals surface area contributed by atoms with E-state index in [1.54, 1.807) is 0 Å². The Balaban J connectivity index is 2.11. The largest absolute Gasteiger partial charge is 0.396 e. The third-order valence-electron chi connectivity index (χ3n) is 2.77. The number of benzene rings is 1. The Bertz CT molecular complexity index is 449. The molecule has 4 heteroatoms. The van der Waals surface area contributed by atoms with Crippen molar-refractivity contribution in [2.75, 3.05) is 13.2 Å². The van der Waals surface area contributed by atoms with Crippen molar-refractivity contribution < 1.29 is 5.11 Å². The molecule has 1 atom stereocenters. The van der Waals surface area contributed by atoms with Crippen molar-refractivity contribution in [2.45, 2.75) is 6.42 Å². The van der Waals surface area contributed by atoms with Crippen LogP contribution in [0.2, 0.25) is 0 Å². The zero-order valence-corrected chi connectivity index (χ0v) is 9.66. The molecule has 4 nitrogen and oxygen atoms in total. The lowest BCUT2D eigenvalue weighted by Crippen LogP contribution is -2.20. The molecular weight excluding hydrogens is 214 g/mol. The average molecular weight is 231 g/mol. The third kappa shape index (κ3) is 2.93. The number of aromatic nitrogens is 2. The van der Waals surface area contributed by atoms with Gasteiger partial charge in [0.15, 0.2) is 0 Å². The molecule has 90 valence electrons. The van der Waals surface area contributed by atoms with Gasteiger partial charge in [-0.1, -0.05) is 18.2 Å². The SMILES string of the molecule is NCC(CO)Cc1cnn(-c2ccccc2)c1. The summed E-state index contributed by atoms with van der Waals surface area (Å²) in [6, 6.07) is 9.94. The summed E-state index contributed by atoms with van der Waals surface area (Å²) in [6.45, 7) is 0.611. The van der Waals surface area contributed by atoms with Crippen LogP contribution in [0.15, 0.2) is 42.7 Å². The highest BCUT2D eigenvalue weighted by atomic mass is 16.3. The van der Waals surface area contributed by atoms with Crippen LogP contribution in [0.25, 0.3) is 5.69 Å². The molecule has 0 fully saturated rings. The van der Waals surface area contributed by atoms with E-state index in [1.807, 2.05) is 47.4 Å². The molecule has 0 saturated carbocycles. The topological polar surface area (TPSA) is 64.1 Å². The number of para-hydroxylation sites is 1. The lowest BCUT2D eigenvalue weighted by molar-refractivity contribution is 0.230. The van der Waals surface area contributed by atoms with Crippen LogP contribution in [0.5, 0.6) is 0 Å². The summed E-state index contributed by atoms with van der Waals surface area (Å²) < 4.78 is 1.83. The lowest BCUT2D eigenvalue weighted by Gasteiger charge is -2.08. The van der Waals surface area contributed by atoms with Crippen LogP contribution in [0.3, 0.4) is 0 Å². The predicted octanol–water partition coefficient (Wildman–Crippen LogP) is 0.982. The fourth-order valence-corrected chi connectivity index (χ4v) is 1.74. The van der Waals surface area contributed by atoms with Crippen LogP contribution in [0.1, 0.15) is 5.56 Å². The Morgan fingerprint density at radius 2 is 2.06 bits per heavy atom. The van der Waals surface area contributed by atoms with E-state index in [4.69, 9.17) is 10.8 Å². The number of hydrogen-bond acceptors (Lipinski definition) is 3. The Morgan fingerprint density at radius 1 is 1.29 bits per heavy atom. The number of hydrogen-bond donors (Lipinski definition) is 2. The first-order chi connectivity index (χ1) is 8.33. The number of nitrogens with two attached hydrogens (primary N) is 1. The summed E-state index contributed by atoms with van der Waals surface area (Å²) in [5.41, 5.74) is 7.69. The maximum atomic E-state index is 9.10. The number of aliphatic hydroxyl groups excluding tert-OH is 1. The van der Waals surface area contributed by atoms with Crippen LogP contribution >= 0.6 is 0 Å². The molecule has 2 aromatic rings. The first-order valence-corrected chi connectivity index (χ1v) is 5.73. The zero-order valence-electron chi connectivity index (χ0n) is 9.66. The van der Waals surface area contributed by atoms with Crippen LogP contribution in [-0.4, -0.2) is 28.0 Å². The summed E-state index contributed by atoms with van der Waals surface area (Å²) in [7, 11) is 0. The van der Waals surface area contributed by atoms with Crippen molar-refractivity contribution in [3.8, 4) is 5.69 Å². The minimum atomic E-state index is 0.114. The second-order valence-electron chi connectivity index (χ2n) is 4.12. The fraction of sp³-hybridized carbons (Fsp3) is 0.308. The van der Waals surface area contributed by atoms with Gasteiger partial charge in [-0.3, -0.25) is 0 Å². The van der Waals surface area contributed by atoms with Crippen LogP contribution in [-0.2, 0) is 6.42 Å². The predicted molar refractivity (Wildman–Crippen MR) is 66.9 cm³/mol. The summed E-state index contributed by atoms with van der Waals surface area (Å²) in [5, 5.41) is 13.4. The van der Waals surface area contributed by atoms with Gasteiger partial charge in [0, 0.05) is 12.8 Å². The average Bonchev–Trinajstić information content (AvgIpc) is 2.85. The molecule has 17 heavy (non-hydrogen) atoms. The molecule has 1 heterocycles. The van der Waals surface area contributed by atoms with E-state index in [2.05, 4.69) is 5.10 Å². The minimum Gasteiger partial charge on any atom is -0.396 e. The molecule has 3 N–H and O–H groups in total. The van der Waals surface area contributed by atoms with E-state index in [9.17, 15) is 0 Å². The van der Waals surface area contributed by atoms with Gasteiger partial charge >= 0.3 is 0 Å². The van der Waals surface area contributed by atoms with E-state index in [0.29, 0.717) is 6.54 Å². The lowest BCUT2D eigenvalue weighted by atomic mass is 10.0. The van der Waals surface area contributed by atoms with Crippen molar-refractivity contribution in [1.29, 1.82) is 0 Å². The van der Waals surface area contributed by atoms with Gasteiger partial charge in [-0.15, -0.1) is 0 Å². The van der Waals surface area contributed by atoms with Crippen LogP contribution < -0.4 is 5.73 Å². The normalized spacial score (nSPS) is 12.6. The van der Waals surface area contributed by atoms with Crippen molar-refractivity contribution in [1.82, 2.24) is 9.78 Å². The van der Waals surface area contributed by atoms with Gasteiger partial charge in [-0.05, 0) is 36.6 Å². The fourth-order valence-electron chi connectivity index (χ4n) is 1.74. The molecule has 0 radical (unpaired) electrons. The van der Waals surface area contributed by atoms with Gasteiger partial charge in [0.2, 0.25) is 0 Å². The van der Waals surface area contributed by atoms with Crippen molar-refractivity contribution in [3.05, 3.63) is 48.3 Å². The Hall–Kier alpha value is -1.65. The Morgan fingerprint density at radius 3 is 2.71 bits per heavy atom. The molecule has 0 spiro atoms. The van der Waals surface area contributed by atoms with Gasteiger partial charge in [0.1, 0.15) is 0 Å². The Kier molecular flexibility index (Phi) is 3.90. The number of rotatable bonds is 5. The monoisotopic (exact) mass is 231 g/mol. The third-order valence-corrected chi connectivity index (χ3v) is 2.77. The van der Waals surface area contributed by atoms with Gasteiger partial charge in [-0.2, -0.15) is 5.10 Å². The first kappa shape index (κ1) is 11.8. The molecular formula is C13H17N3O. The molecule has 0 aliphatic rings. The van der Waals surface area contributed by atoms with E-state index >= 15 is 0 Å². The molecule has 0 bridgehead atoms. The summed E-state index contributed by atoms with van der Waals surface area (Å²) in [6.07, 6.45) is 4.57. The van der Waals surface area contributed by atoms with Crippen LogP contribution in [0, 0.1) is 5.92 Å². The zero-order chi connectivity index (χ0) is 12.1. The van der Waals surface area contributed by atoms with Gasteiger partial charge in [0.05, 0.1) is 11.9 Å².